The predicted molar refractivity (Wildman–Crippen MR) is 82.8 cm³/mol. The molecular formula is C16H28N2O. The maximum Gasteiger partial charge on any atom is 0.0916 e. The van der Waals surface area contributed by atoms with E-state index in [0.29, 0.717) is 0 Å². The number of hydrogen-bond acceptors (Lipinski definition) is 3. The lowest BCUT2D eigenvalue weighted by molar-refractivity contribution is 0.115. The van der Waals surface area contributed by atoms with Crippen LogP contribution in [-0.2, 0) is 0 Å². The molecule has 0 aromatic heterocycles. The van der Waals surface area contributed by atoms with Crippen molar-refractivity contribution in [2.75, 3.05) is 38.6 Å². The van der Waals surface area contributed by atoms with E-state index in [1.807, 2.05) is 26.2 Å². The molecule has 0 aliphatic rings. The molecule has 0 aliphatic carbocycles. The number of aliphatic hydroxyl groups is 1. The lowest BCUT2D eigenvalue weighted by Gasteiger charge is -2.24. The van der Waals surface area contributed by atoms with E-state index in [1.54, 1.807) is 0 Å². The summed E-state index contributed by atoms with van der Waals surface area (Å²) in [6.45, 7) is 7.13. The van der Waals surface area contributed by atoms with Crippen LogP contribution in [0.25, 0.3) is 0 Å². The van der Waals surface area contributed by atoms with Gasteiger partial charge in [-0.1, -0.05) is 32.4 Å². The summed E-state index contributed by atoms with van der Waals surface area (Å²) in [5, 5.41) is 10.3. The zero-order valence-electron chi connectivity index (χ0n) is 12.8. The van der Waals surface area contributed by atoms with Gasteiger partial charge in [0.05, 0.1) is 6.10 Å². The third-order valence-corrected chi connectivity index (χ3v) is 3.50. The Hall–Kier alpha value is -1.06. The Bertz CT molecular complexity index is 348. The fourth-order valence-electron chi connectivity index (χ4n) is 2.10. The minimum Gasteiger partial charge on any atom is -0.387 e. The first-order chi connectivity index (χ1) is 9.08. The Morgan fingerprint density at radius 1 is 1.11 bits per heavy atom. The lowest BCUT2D eigenvalue weighted by Crippen LogP contribution is -2.29. The highest BCUT2D eigenvalue weighted by molar-refractivity contribution is 5.46. The summed E-state index contributed by atoms with van der Waals surface area (Å²) >= 11 is 0. The van der Waals surface area contributed by atoms with Crippen LogP contribution in [0.5, 0.6) is 0 Å². The van der Waals surface area contributed by atoms with E-state index < -0.39 is 6.10 Å². The molecule has 0 spiro atoms. The van der Waals surface area contributed by atoms with E-state index in [1.165, 1.54) is 12.8 Å². The highest BCUT2D eigenvalue weighted by Gasteiger charge is 2.12. The molecule has 0 bridgehead atoms. The highest BCUT2D eigenvalue weighted by atomic mass is 16.3. The maximum atomic E-state index is 10.3. The van der Waals surface area contributed by atoms with Gasteiger partial charge in [-0.15, -0.1) is 0 Å². The van der Waals surface area contributed by atoms with E-state index in [0.717, 1.165) is 30.9 Å². The van der Waals surface area contributed by atoms with Crippen LogP contribution in [0, 0.1) is 0 Å². The minimum atomic E-state index is -0.395. The standard InChI is InChI=1S/C16H28N2O/c1-5-7-12-18(6-2)13-16(19)14-8-10-15(11-9-14)17(3)4/h8-11,16,19H,5-7,12-13H2,1-4H3. The zero-order chi connectivity index (χ0) is 14.3. The van der Waals surface area contributed by atoms with Crippen molar-refractivity contribution in [2.24, 2.45) is 0 Å². The van der Waals surface area contributed by atoms with Gasteiger partial charge in [-0.25, -0.2) is 0 Å². The maximum absolute atomic E-state index is 10.3. The van der Waals surface area contributed by atoms with Gasteiger partial charge >= 0.3 is 0 Å². The summed E-state index contributed by atoms with van der Waals surface area (Å²) in [6, 6.07) is 8.16. The minimum absolute atomic E-state index is 0.395. The number of benzene rings is 1. The second-order valence-electron chi connectivity index (χ2n) is 5.25. The number of aliphatic hydroxyl groups excluding tert-OH is 1. The average Bonchev–Trinajstić information content (AvgIpc) is 2.43. The smallest absolute Gasteiger partial charge is 0.0916 e. The first-order valence-corrected chi connectivity index (χ1v) is 7.26. The van der Waals surface area contributed by atoms with Crippen molar-refractivity contribution in [1.29, 1.82) is 0 Å². The van der Waals surface area contributed by atoms with Gasteiger partial charge in [0.2, 0.25) is 0 Å². The number of anilines is 1. The Balaban J connectivity index is 2.58. The fourth-order valence-corrected chi connectivity index (χ4v) is 2.10. The van der Waals surface area contributed by atoms with Crippen molar-refractivity contribution in [3.63, 3.8) is 0 Å². The molecule has 0 heterocycles. The fraction of sp³-hybridized carbons (Fsp3) is 0.625. The molecule has 1 aromatic rings. The first-order valence-electron chi connectivity index (χ1n) is 7.26. The number of unbranched alkanes of at least 4 members (excludes halogenated alkanes) is 1. The van der Waals surface area contributed by atoms with Crippen LogP contribution in [0.4, 0.5) is 5.69 Å². The van der Waals surface area contributed by atoms with E-state index in [9.17, 15) is 5.11 Å². The van der Waals surface area contributed by atoms with E-state index in [2.05, 4.69) is 35.8 Å². The second kappa shape index (κ2) is 8.18. The molecule has 19 heavy (non-hydrogen) atoms. The van der Waals surface area contributed by atoms with Crippen LogP contribution in [0.3, 0.4) is 0 Å². The molecule has 3 heteroatoms. The highest BCUT2D eigenvalue weighted by Crippen LogP contribution is 2.18. The monoisotopic (exact) mass is 264 g/mol. The molecule has 0 amide bonds. The van der Waals surface area contributed by atoms with Crippen molar-refractivity contribution in [3.05, 3.63) is 29.8 Å². The number of nitrogens with zero attached hydrogens (tertiary/aromatic N) is 2. The van der Waals surface area contributed by atoms with Gasteiger partial charge in [-0.2, -0.15) is 0 Å². The molecule has 108 valence electrons. The summed E-state index contributed by atoms with van der Waals surface area (Å²) in [4.78, 5) is 4.38. The molecule has 1 N–H and O–H groups in total. The molecular weight excluding hydrogens is 236 g/mol. The normalized spacial score (nSPS) is 12.7. The summed E-state index contributed by atoms with van der Waals surface area (Å²) in [6.07, 6.45) is 2.00. The molecule has 0 saturated heterocycles. The molecule has 1 atom stereocenters. The molecule has 1 rings (SSSR count). The summed E-state index contributed by atoms with van der Waals surface area (Å²) in [5.41, 5.74) is 2.16. The van der Waals surface area contributed by atoms with Crippen molar-refractivity contribution in [1.82, 2.24) is 4.90 Å². The summed E-state index contributed by atoms with van der Waals surface area (Å²) in [7, 11) is 4.05. The third kappa shape index (κ3) is 5.21. The second-order valence-corrected chi connectivity index (χ2v) is 5.25. The van der Waals surface area contributed by atoms with Crippen LogP contribution in [0.15, 0.2) is 24.3 Å². The van der Waals surface area contributed by atoms with Crippen LogP contribution in [0.1, 0.15) is 38.4 Å². The van der Waals surface area contributed by atoms with Gasteiger partial charge in [0.1, 0.15) is 0 Å². The number of hydrogen-bond donors (Lipinski definition) is 1. The Labute approximate surface area is 117 Å². The Kier molecular flexibility index (Phi) is 6.89. The predicted octanol–water partition coefficient (Wildman–Crippen LogP) is 2.91. The van der Waals surface area contributed by atoms with E-state index in [4.69, 9.17) is 0 Å². The molecule has 0 saturated carbocycles. The van der Waals surface area contributed by atoms with Gasteiger partial charge in [-0.3, -0.25) is 0 Å². The molecule has 0 radical (unpaired) electrons. The third-order valence-electron chi connectivity index (χ3n) is 3.50. The number of likely N-dealkylation sites (N-methyl/N-ethyl adjacent to an activating group) is 1. The van der Waals surface area contributed by atoms with Crippen molar-refractivity contribution in [3.8, 4) is 0 Å². The van der Waals surface area contributed by atoms with Gasteiger partial charge < -0.3 is 14.9 Å². The Morgan fingerprint density at radius 3 is 2.21 bits per heavy atom. The molecule has 1 aromatic carbocycles. The SMILES string of the molecule is CCCCN(CC)CC(O)c1ccc(N(C)C)cc1. The summed E-state index contributed by atoms with van der Waals surface area (Å²) in [5.74, 6) is 0. The van der Waals surface area contributed by atoms with E-state index in [-0.39, 0.29) is 0 Å². The molecule has 0 fully saturated rings. The average molecular weight is 264 g/mol. The summed E-state index contributed by atoms with van der Waals surface area (Å²) < 4.78 is 0. The quantitative estimate of drug-likeness (QED) is 0.782. The van der Waals surface area contributed by atoms with Crippen molar-refractivity contribution in [2.45, 2.75) is 32.8 Å². The Morgan fingerprint density at radius 2 is 1.74 bits per heavy atom. The van der Waals surface area contributed by atoms with E-state index >= 15 is 0 Å². The van der Waals surface area contributed by atoms with Crippen molar-refractivity contribution < 1.29 is 5.11 Å². The van der Waals surface area contributed by atoms with Gasteiger partial charge in [0, 0.05) is 26.3 Å². The zero-order valence-corrected chi connectivity index (χ0v) is 12.8. The van der Waals surface area contributed by atoms with Gasteiger partial charge in [-0.05, 0) is 37.2 Å². The number of rotatable bonds is 8. The van der Waals surface area contributed by atoms with Gasteiger partial charge in [0.15, 0.2) is 0 Å². The molecule has 1 unspecified atom stereocenters. The molecule has 0 aliphatic heterocycles. The van der Waals surface area contributed by atoms with Crippen LogP contribution in [0.2, 0.25) is 0 Å². The van der Waals surface area contributed by atoms with Crippen LogP contribution >= 0.6 is 0 Å². The van der Waals surface area contributed by atoms with Crippen LogP contribution in [-0.4, -0.2) is 43.7 Å². The van der Waals surface area contributed by atoms with Gasteiger partial charge in [0.25, 0.3) is 0 Å². The topological polar surface area (TPSA) is 26.7 Å². The van der Waals surface area contributed by atoms with Crippen molar-refractivity contribution >= 4 is 5.69 Å². The molecule has 3 nitrogen and oxygen atoms in total. The largest absolute Gasteiger partial charge is 0.387 e. The van der Waals surface area contributed by atoms with Crippen LogP contribution < -0.4 is 4.90 Å². The first kappa shape index (κ1) is 16.0. The lowest BCUT2D eigenvalue weighted by atomic mass is 10.1.